The zero-order chi connectivity index (χ0) is 19.7. The molecule has 5 atom stereocenters. The number of hydrogen-bond acceptors (Lipinski definition) is 4. The third kappa shape index (κ3) is 4.33. The highest BCUT2D eigenvalue weighted by Gasteiger charge is 2.58. The highest BCUT2D eigenvalue weighted by atomic mass is 127. The number of nitrogens with zero attached hydrogens (tertiary/aromatic N) is 3. The molecule has 0 spiro atoms. The van der Waals surface area contributed by atoms with Gasteiger partial charge in [0.25, 0.3) is 0 Å². The van der Waals surface area contributed by atoms with Gasteiger partial charge in [0.05, 0.1) is 11.8 Å². The molecule has 4 aliphatic rings. The molecule has 3 fully saturated rings. The molecule has 29 heavy (non-hydrogen) atoms. The van der Waals surface area contributed by atoms with Gasteiger partial charge in [-0.2, -0.15) is 0 Å². The van der Waals surface area contributed by atoms with Gasteiger partial charge in [0.2, 0.25) is 11.8 Å². The van der Waals surface area contributed by atoms with E-state index in [1.807, 2.05) is 0 Å². The number of aliphatic imine (C=N–C) groups is 1. The highest BCUT2D eigenvalue weighted by Crippen LogP contribution is 2.52. The Bertz CT molecular complexity index is 646. The summed E-state index contributed by atoms with van der Waals surface area (Å²) >= 11 is 0. The zero-order valence-corrected chi connectivity index (χ0v) is 19.8. The van der Waals surface area contributed by atoms with Gasteiger partial charge in [-0.3, -0.25) is 24.4 Å². The Labute approximate surface area is 190 Å². The molecule has 2 aliphatic heterocycles. The number of hydrogen-bond donors (Lipinski definition) is 2. The summed E-state index contributed by atoms with van der Waals surface area (Å²) in [6.07, 6.45) is 8.94. The molecular formula is C21H34IN5O2. The number of nitrogens with one attached hydrogen (secondary N) is 2. The molecule has 0 aromatic rings. The second-order valence-corrected chi connectivity index (χ2v) is 8.51. The molecule has 2 aliphatic carbocycles. The Balaban J connectivity index is 0.00000240. The molecule has 5 unspecified atom stereocenters. The minimum absolute atomic E-state index is 0. The van der Waals surface area contributed by atoms with E-state index in [4.69, 9.17) is 0 Å². The highest BCUT2D eigenvalue weighted by molar-refractivity contribution is 14.0. The number of allylic oxidation sites excluding steroid dienone is 2. The van der Waals surface area contributed by atoms with Crippen LogP contribution < -0.4 is 10.6 Å². The van der Waals surface area contributed by atoms with Crippen LogP contribution in [0.4, 0.5) is 0 Å². The number of imide groups is 1. The standard InChI is InChI=1S/C21H33N5O2.HI/c1-3-16(25-9-4-5-10-25)13-24-21(22-2)23-8-11-26-19(27)17-14-6-7-15(12-14)18(17)20(26)28;/h6-7,14-18H,3-5,8-13H2,1-2H3,(H2,22,23,24);1H. The molecule has 4 rings (SSSR count). The summed E-state index contributed by atoms with van der Waals surface area (Å²) in [6, 6.07) is 0.519. The van der Waals surface area contributed by atoms with Gasteiger partial charge in [-0.15, -0.1) is 24.0 Å². The fraction of sp³-hybridized carbons (Fsp3) is 0.762. The van der Waals surface area contributed by atoms with Crippen LogP contribution in [0, 0.1) is 23.7 Å². The summed E-state index contributed by atoms with van der Waals surface area (Å²) in [6.45, 7) is 6.39. The second kappa shape index (κ2) is 9.76. The van der Waals surface area contributed by atoms with Crippen molar-refractivity contribution in [3.63, 3.8) is 0 Å². The molecule has 2 N–H and O–H groups in total. The second-order valence-electron chi connectivity index (χ2n) is 8.51. The topological polar surface area (TPSA) is 77.0 Å². The molecule has 2 amide bonds. The molecule has 8 heteroatoms. The van der Waals surface area contributed by atoms with Gasteiger partial charge in [-0.05, 0) is 50.6 Å². The van der Waals surface area contributed by atoms with Crippen LogP contribution in [0.5, 0.6) is 0 Å². The monoisotopic (exact) mass is 515 g/mol. The molecule has 0 aromatic heterocycles. The van der Waals surface area contributed by atoms with E-state index in [-0.39, 0.29) is 59.5 Å². The van der Waals surface area contributed by atoms with E-state index in [0.29, 0.717) is 19.1 Å². The van der Waals surface area contributed by atoms with Crippen molar-refractivity contribution in [2.24, 2.45) is 28.7 Å². The first-order valence-corrected chi connectivity index (χ1v) is 10.9. The van der Waals surface area contributed by atoms with Crippen LogP contribution in [0.15, 0.2) is 17.1 Å². The van der Waals surface area contributed by atoms with Crippen molar-refractivity contribution in [3.05, 3.63) is 12.2 Å². The Morgan fingerprint density at radius 3 is 2.31 bits per heavy atom. The van der Waals surface area contributed by atoms with Crippen molar-refractivity contribution in [3.8, 4) is 0 Å². The molecule has 0 radical (unpaired) electrons. The number of fused-ring (bicyclic) bond motifs is 5. The lowest BCUT2D eigenvalue weighted by atomic mass is 9.85. The number of carbonyl (C=O) groups excluding carboxylic acids is 2. The van der Waals surface area contributed by atoms with E-state index < -0.39 is 0 Å². The van der Waals surface area contributed by atoms with Gasteiger partial charge in [-0.1, -0.05) is 19.1 Å². The third-order valence-corrected chi connectivity index (χ3v) is 7.05. The van der Waals surface area contributed by atoms with Gasteiger partial charge in [0, 0.05) is 32.7 Å². The average molecular weight is 515 g/mol. The Kier molecular flexibility index (Phi) is 7.58. The number of carbonyl (C=O) groups is 2. The third-order valence-electron chi connectivity index (χ3n) is 7.05. The van der Waals surface area contributed by atoms with Crippen molar-refractivity contribution in [2.45, 2.75) is 38.6 Å². The van der Waals surface area contributed by atoms with E-state index in [0.717, 1.165) is 25.3 Å². The molecule has 162 valence electrons. The number of rotatable bonds is 7. The normalized spacial score (nSPS) is 31.9. The maximum Gasteiger partial charge on any atom is 0.233 e. The summed E-state index contributed by atoms with van der Waals surface area (Å²) < 4.78 is 0. The van der Waals surface area contributed by atoms with Crippen molar-refractivity contribution in [1.29, 1.82) is 0 Å². The largest absolute Gasteiger partial charge is 0.355 e. The molecule has 2 heterocycles. The number of halogens is 1. The lowest BCUT2D eigenvalue weighted by molar-refractivity contribution is -0.140. The van der Waals surface area contributed by atoms with Gasteiger partial charge in [0.1, 0.15) is 0 Å². The smallest absolute Gasteiger partial charge is 0.233 e. The van der Waals surface area contributed by atoms with Gasteiger partial charge in [-0.25, -0.2) is 0 Å². The molecule has 1 saturated carbocycles. The molecular weight excluding hydrogens is 481 g/mol. The SMILES string of the molecule is CCC(CNC(=NC)NCCN1C(=O)C2C3C=CC(C3)C2C1=O)N1CCCC1.I. The van der Waals surface area contributed by atoms with Crippen molar-refractivity contribution < 1.29 is 9.59 Å². The van der Waals surface area contributed by atoms with Crippen LogP contribution in [0.25, 0.3) is 0 Å². The van der Waals surface area contributed by atoms with E-state index in [9.17, 15) is 9.59 Å². The van der Waals surface area contributed by atoms with Crippen LogP contribution in [0.1, 0.15) is 32.6 Å². The van der Waals surface area contributed by atoms with Gasteiger partial charge in [0.15, 0.2) is 5.96 Å². The predicted molar refractivity (Wildman–Crippen MR) is 124 cm³/mol. The average Bonchev–Trinajstić information content (AvgIpc) is 3.48. The predicted octanol–water partition coefficient (Wildman–Crippen LogP) is 1.45. The number of likely N-dealkylation sites (tertiary alicyclic amines) is 2. The summed E-state index contributed by atoms with van der Waals surface area (Å²) in [4.78, 5) is 33.8. The fourth-order valence-corrected chi connectivity index (χ4v) is 5.54. The van der Waals surface area contributed by atoms with E-state index >= 15 is 0 Å². The minimum Gasteiger partial charge on any atom is -0.355 e. The summed E-state index contributed by atoms with van der Waals surface area (Å²) in [5.74, 6) is 1.12. The Morgan fingerprint density at radius 1 is 1.14 bits per heavy atom. The molecule has 0 aromatic carbocycles. The molecule has 2 saturated heterocycles. The summed E-state index contributed by atoms with van der Waals surface area (Å²) in [7, 11) is 1.76. The Hall–Kier alpha value is -1.16. The maximum atomic E-state index is 12.7. The lowest BCUT2D eigenvalue weighted by Gasteiger charge is -2.27. The quantitative estimate of drug-likeness (QED) is 0.177. The van der Waals surface area contributed by atoms with Gasteiger partial charge >= 0.3 is 0 Å². The minimum atomic E-state index is -0.106. The lowest BCUT2D eigenvalue weighted by Crippen LogP contribution is -2.48. The Morgan fingerprint density at radius 2 is 1.76 bits per heavy atom. The van der Waals surface area contributed by atoms with Crippen LogP contribution in [-0.4, -0.2) is 73.4 Å². The first kappa shape index (κ1) is 22.5. The zero-order valence-electron chi connectivity index (χ0n) is 17.5. The maximum absolute atomic E-state index is 12.7. The van der Waals surface area contributed by atoms with Crippen LogP contribution in [-0.2, 0) is 9.59 Å². The number of amides is 2. The molecule has 7 nitrogen and oxygen atoms in total. The van der Waals surface area contributed by atoms with Gasteiger partial charge < -0.3 is 10.6 Å². The van der Waals surface area contributed by atoms with Crippen LogP contribution >= 0.6 is 24.0 Å². The summed E-state index contributed by atoms with van der Waals surface area (Å²) in [5, 5.41) is 6.68. The van der Waals surface area contributed by atoms with Crippen LogP contribution in [0.2, 0.25) is 0 Å². The van der Waals surface area contributed by atoms with Crippen molar-refractivity contribution >= 4 is 41.8 Å². The van der Waals surface area contributed by atoms with Crippen molar-refractivity contribution in [2.75, 3.05) is 39.8 Å². The van der Waals surface area contributed by atoms with E-state index in [1.165, 1.54) is 30.8 Å². The van der Waals surface area contributed by atoms with Crippen LogP contribution in [0.3, 0.4) is 0 Å². The first-order chi connectivity index (χ1) is 13.6. The molecule has 2 bridgehead atoms. The van der Waals surface area contributed by atoms with E-state index in [2.05, 4.69) is 39.6 Å². The first-order valence-electron chi connectivity index (χ1n) is 10.9. The summed E-state index contributed by atoms with van der Waals surface area (Å²) in [5.41, 5.74) is 0. The van der Waals surface area contributed by atoms with E-state index in [1.54, 1.807) is 7.05 Å². The fourth-order valence-electron chi connectivity index (χ4n) is 5.54. The number of guanidine groups is 1. The van der Waals surface area contributed by atoms with Crippen molar-refractivity contribution in [1.82, 2.24) is 20.4 Å².